The maximum Gasteiger partial charge on any atom is 0.222 e. The Kier molecular flexibility index (Phi) is 4.66. The smallest absolute Gasteiger partial charge is 0.222 e. The molecule has 0 radical (unpaired) electrons. The third-order valence-corrected chi connectivity index (χ3v) is 2.28. The van der Waals surface area contributed by atoms with Crippen LogP contribution in [0.15, 0.2) is 12.4 Å². The van der Waals surface area contributed by atoms with E-state index in [0.29, 0.717) is 17.0 Å². The van der Waals surface area contributed by atoms with Gasteiger partial charge in [0, 0.05) is 6.04 Å². The van der Waals surface area contributed by atoms with Crippen LogP contribution in [0.3, 0.4) is 0 Å². The Morgan fingerprint density at radius 3 is 2.50 bits per heavy atom. The molecule has 0 aliphatic rings. The predicted octanol–water partition coefficient (Wildman–Crippen LogP) is 3.12. The third kappa shape index (κ3) is 3.50. The zero-order valence-corrected chi connectivity index (χ0v) is 9.38. The van der Waals surface area contributed by atoms with E-state index in [1.807, 2.05) is 0 Å². The molecule has 0 fully saturated rings. The average Bonchev–Trinajstić information content (AvgIpc) is 2.20. The van der Waals surface area contributed by atoms with Gasteiger partial charge >= 0.3 is 0 Å². The number of rotatable bonds is 5. The normalized spacial score (nSPS) is 12.5. The molecule has 4 heteroatoms. The molecule has 1 heterocycles. The zero-order chi connectivity index (χ0) is 10.4. The van der Waals surface area contributed by atoms with Crippen LogP contribution in [-0.2, 0) is 0 Å². The zero-order valence-electron chi connectivity index (χ0n) is 8.63. The SMILES string of the molecule is CCCC(CC)Nc1ncc(Cl)cn1. The number of nitrogens with one attached hydrogen (secondary N) is 1. The van der Waals surface area contributed by atoms with Crippen molar-refractivity contribution < 1.29 is 0 Å². The molecule has 1 atom stereocenters. The van der Waals surface area contributed by atoms with E-state index < -0.39 is 0 Å². The second kappa shape index (κ2) is 5.81. The highest BCUT2D eigenvalue weighted by atomic mass is 35.5. The lowest BCUT2D eigenvalue weighted by Gasteiger charge is -2.15. The van der Waals surface area contributed by atoms with Crippen molar-refractivity contribution in [3.8, 4) is 0 Å². The molecule has 0 bridgehead atoms. The van der Waals surface area contributed by atoms with Gasteiger partial charge in [-0.25, -0.2) is 9.97 Å². The van der Waals surface area contributed by atoms with Gasteiger partial charge in [-0.2, -0.15) is 0 Å². The van der Waals surface area contributed by atoms with Crippen LogP contribution < -0.4 is 5.32 Å². The summed E-state index contributed by atoms with van der Waals surface area (Å²) in [6.07, 6.45) is 6.60. The molecule has 0 saturated heterocycles. The predicted molar refractivity (Wildman–Crippen MR) is 59.7 cm³/mol. The summed E-state index contributed by atoms with van der Waals surface area (Å²) in [7, 11) is 0. The molecule has 1 aromatic heterocycles. The lowest BCUT2D eigenvalue weighted by atomic mass is 10.1. The fourth-order valence-corrected chi connectivity index (χ4v) is 1.39. The third-order valence-electron chi connectivity index (χ3n) is 2.08. The number of nitrogens with zero attached hydrogens (tertiary/aromatic N) is 2. The first-order valence-electron chi connectivity index (χ1n) is 5.00. The number of halogens is 1. The quantitative estimate of drug-likeness (QED) is 0.817. The second-order valence-electron chi connectivity index (χ2n) is 3.26. The summed E-state index contributed by atoms with van der Waals surface area (Å²) in [4.78, 5) is 8.19. The van der Waals surface area contributed by atoms with Crippen molar-refractivity contribution in [3.05, 3.63) is 17.4 Å². The fourth-order valence-electron chi connectivity index (χ4n) is 1.30. The van der Waals surface area contributed by atoms with Gasteiger partial charge in [-0.05, 0) is 12.8 Å². The van der Waals surface area contributed by atoms with Crippen LogP contribution in [0.25, 0.3) is 0 Å². The van der Waals surface area contributed by atoms with E-state index in [1.54, 1.807) is 12.4 Å². The van der Waals surface area contributed by atoms with Crippen LogP contribution in [0, 0.1) is 0 Å². The first kappa shape index (κ1) is 11.2. The number of hydrogen-bond acceptors (Lipinski definition) is 3. The van der Waals surface area contributed by atoms with Crippen LogP contribution in [0.1, 0.15) is 33.1 Å². The van der Waals surface area contributed by atoms with Gasteiger partial charge in [-0.3, -0.25) is 0 Å². The summed E-state index contributed by atoms with van der Waals surface area (Å²) >= 11 is 5.69. The van der Waals surface area contributed by atoms with Crippen LogP contribution in [0.2, 0.25) is 5.02 Å². The van der Waals surface area contributed by atoms with E-state index in [0.717, 1.165) is 12.8 Å². The summed E-state index contributed by atoms with van der Waals surface area (Å²) in [5, 5.41) is 3.84. The van der Waals surface area contributed by atoms with Crippen LogP contribution in [-0.4, -0.2) is 16.0 Å². The molecule has 78 valence electrons. The van der Waals surface area contributed by atoms with Crippen LogP contribution >= 0.6 is 11.6 Å². The van der Waals surface area contributed by atoms with Gasteiger partial charge in [0.05, 0.1) is 17.4 Å². The second-order valence-corrected chi connectivity index (χ2v) is 3.70. The van der Waals surface area contributed by atoms with Crippen molar-refractivity contribution in [2.75, 3.05) is 5.32 Å². The lowest BCUT2D eigenvalue weighted by Crippen LogP contribution is -2.19. The summed E-state index contributed by atoms with van der Waals surface area (Å²) in [6.45, 7) is 4.33. The Morgan fingerprint density at radius 1 is 1.36 bits per heavy atom. The maximum absolute atomic E-state index is 5.69. The Bertz CT molecular complexity index is 261. The highest BCUT2D eigenvalue weighted by Gasteiger charge is 2.05. The van der Waals surface area contributed by atoms with Gasteiger partial charge in [-0.15, -0.1) is 0 Å². The maximum atomic E-state index is 5.69. The number of hydrogen-bond donors (Lipinski definition) is 1. The summed E-state index contributed by atoms with van der Waals surface area (Å²) in [5.41, 5.74) is 0. The van der Waals surface area contributed by atoms with Crippen molar-refractivity contribution in [2.45, 2.75) is 39.2 Å². The van der Waals surface area contributed by atoms with Crippen molar-refractivity contribution >= 4 is 17.5 Å². The minimum absolute atomic E-state index is 0.459. The molecule has 0 amide bonds. The van der Waals surface area contributed by atoms with Crippen LogP contribution in [0.5, 0.6) is 0 Å². The number of aromatic nitrogens is 2. The topological polar surface area (TPSA) is 37.8 Å². The van der Waals surface area contributed by atoms with E-state index >= 15 is 0 Å². The van der Waals surface area contributed by atoms with Crippen molar-refractivity contribution in [1.82, 2.24) is 9.97 Å². The molecular weight excluding hydrogens is 198 g/mol. The summed E-state index contributed by atoms with van der Waals surface area (Å²) in [5.74, 6) is 0.662. The molecule has 0 saturated carbocycles. The molecule has 1 unspecified atom stereocenters. The van der Waals surface area contributed by atoms with Gasteiger partial charge in [0.1, 0.15) is 0 Å². The molecule has 1 rings (SSSR count). The largest absolute Gasteiger partial charge is 0.352 e. The molecule has 0 aliphatic heterocycles. The van der Waals surface area contributed by atoms with Gasteiger partial charge in [-0.1, -0.05) is 31.9 Å². The molecule has 0 spiro atoms. The minimum atomic E-state index is 0.459. The van der Waals surface area contributed by atoms with E-state index in [4.69, 9.17) is 11.6 Å². The first-order chi connectivity index (χ1) is 6.76. The Balaban J connectivity index is 2.53. The minimum Gasteiger partial charge on any atom is -0.352 e. The molecule has 3 nitrogen and oxygen atoms in total. The van der Waals surface area contributed by atoms with E-state index in [-0.39, 0.29) is 0 Å². The van der Waals surface area contributed by atoms with Crippen molar-refractivity contribution in [3.63, 3.8) is 0 Å². The van der Waals surface area contributed by atoms with Gasteiger partial charge in [0.15, 0.2) is 0 Å². The fraction of sp³-hybridized carbons (Fsp3) is 0.600. The molecular formula is C10H16ClN3. The van der Waals surface area contributed by atoms with Crippen molar-refractivity contribution in [2.24, 2.45) is 0 Å². The van der Waals surface area contributed by atoms with Crippen molar-refractivity contribution in [1.29, 1.82) is 0 Å². The highest BCUT2D eigenvalue weighted by Crippen LogP contribution is 2.10. The standard InChI is InChI=1S/C10H16ClN3/c1-3-5-9(4-2)14-10-12-6-8(11)7-13-10/h6-7,9H,3-5H2,1-2H3,(H,12,13,14). The summed E-state index contributed by atoms with van der Waals surface area (Å²) in [6, 6.07) is 0.459. The Hall–Kier alpha value is -0.830. The number of anilines is 1. The van der Waals surface area contributed by atoms with Gasteiger partial charge < -0.3 is 5.32 Å². The molecule has 0 aliphatic carbocycles. The molecule has 0 aromatic carbocycles. The summed E-state index contributed by atoms with van der Waals surface area (Å²) < 4.78 is 0. The Morgan fingerprint density at radius 2 is 2.00 bits per heavy atom. The molecule has 14 heavy (non-hydrogen) atoms. The lowest BCUT2D eigenvalue weighted by molar-refractivity contribution is 0.617. The van der Waals surface area contributed by atoms with E-state index in [9.17, 15) is 0 Å². The van der Waals surface area contributed by atoms with Crippen LogP contribution in [0.4, 0.5) is 5.95 Å². The first-order valence-corrected chi connectivity index (χ1v) is 5.38. The monoisotopic (exact) mass is 213 g/mol. The van der Waals surface area contributed by atoms with E-state index in [1.165, 1.54) is 6.42 Å². The average molecular weight is 214 g/mol. The highest BCUT2D eigenvalue weighted by molar-refractivity contribution is 6.30. The van der Waals surface area contributed by atoms with E-state index in [2.05, 4.69) is 29.1 Å². The van der Waals surface area contributed by atoms with Gasteiger partial charge in [0.2, 0.25) is 5.95 Å². The molecule has 1 aromatic rings. The Labute approximate surface area is 89.9 Å². The molecule has 1 N–H and O–H groups in total. The van der Waals surface area contributed by atoms with Gasteiger partial charge in [0.25, 0.3) is 0 Å².